The Balaban J connectivity index is 1.60. The van der Waals surface area contributed by atoms with E-state index in [1.807, 2.05) is 24.3 Å². The average Bonchev–Trinajstić information content (AvgIpc) is 2.85. The number of amides is 2. The summed E-state index contributed by atoms with van der Waals surface area (Å²) >= 11 is 6.02. The van der Waals surface area contributed by atoms with Crippen molar-refractivity contribution in [3.63, 3.8) is 0 Å². The Bertz CT molecular complexity index is 1230. The van der Waals surface area contributed by atoms with Gasteiger partial charge in [-0.1, -0.05) is 48.0 Å². The van der Waals surface area contributed by atoms with E-state index in [-0.39, 0.29) is 30.4 Å². The van der Waals surface area contributed by atoms with E-state index in [4.69, 9.17) is 16.3 Å². The van der Waals surface area contributed by atoms with Gasteiger partial charge in [-0.3, -0.25) is 10.1 Å². The lowest BCUT2D eigenvalue weighted by molar-refractivity contribution is -0.133. The summed E-state index contributed by atoms with van der Waals surface area (Å²) in [6.45, 7) is 3.41. The number of hydrogen-bond donors (Lipinski definition) is 2. The van der Waals surface area contributed by atoms with Gasteiger partial charge in [0.1, 0.15) is 18.2 Å². The Kier molecular flexibility index (Phi) is 9.83. The Morgan fingerprint density at radius 1 is 1.19 bits per heavy atom. The molecule has 0 unspecified atom stereocenters. The highest BCUT2D eigenvalue weighted by molar-refractivity contribution is 6.31. The summed E-state index contributed by atoms with van der Waals surface area (Å²) in [5, 5.41) is 14.6. The highest BCUT2D eigenvalue weighted by Crippen LogP contribution is 2.22. The molecular weight excluding hydrogens is 497 g/mol. The highest BCUT2D eigenvalue weighted by atomic mass is 35.5. The molecule has 3 aromatic rings. The maximum Gasteiger partial charge on any atom is 0.412 e. The topological polar surface area (TPSA) is 91.8 Å². The average molecular weight is 530 g/mol. The van der Waals surface area contributed by atoms with Crippen molar-refractivity contribution in [2.24, 2.45) is 0 Å². The van der Waals surface area contributed by atoms with Crippen molar-refractivity contribution < 1.29 is 23.8 Å². The smallest absolute Gasteiger partial charge is 0.412 e. The van der Waals surface area contributed by atoms with Crippen LogP contribution in [-0.4, -0.2) is 52.3 Å². The van der Waals surface area contributed by atoms with Gasteiger partial charge in [0, 0.05) is 25.1 Å². The van der Waals surface area contributed by atoms with Gasteiger partial charge in [0.25, 0.3) is 0 Å². The number of carbonyl (C=O) groups excluding carboxylic acids is 2. The van der Waals surface area contributed by atoms with Gasteiger partial charge in [0.2, 0.25) is 5.91 Å². The molecule has 0 fully saturated rings. The maximum absolute atomic E-state index is 13.7. The lowest BCUT2D eigenvalue weighted by atomic mass is 9.99. The van der Waals surface area contributed by atoms with Crippen LogP contribution in [0.5, 0.6) is 0 Å². The molecule has 0 radical (unpaired) electrons. The largest absolute Gasteiger partial charge is 0.447 e. The third-order valence-electron chi connectivity index (χ3n) is 6.17. The number of pyridine rings is 1. The molecule has 1 aromatic heterocycles. The fourth-order valence-corrected chi connectivity index (χ4v) is 4.21. The number of ether oxygens (including phenoxy) is 1. The lowest BCUT2D eigenvalue weighted by Gasteiger charge is -2.29. The first-order valence-electron chi connectivity index (χ1n) is 12.2. The van der Waals surface area contributed by atoms with Crippen molar-refractivity contribution in [3.05, 3.63) is 71.1 Å². The summed E-state index contributed by atoms with van der Waals surface area (Å²) in [6.07, 6.45) is 3.06. The fraction of sp³-hybridized carbons (Fsp3) is 0.393. The number of likely N-dealkylation sites (N-methyl/N-ethyl adjacent to an activating group) is 1. The van der Waals surface area contributed by atoms with E-state index in [1.54, 1.807) is 50.2 Å². The Labute approximate surface area is 221 Å². The van der Waals surface area contributed by atoms with Crippen LogP contribution in [0.3, 0.4) is 0 Å². The van der Waals surface area contributed by atoms with Gasteiger partial charge in [0.15, 0.2) is 0 Å². The van der Waals surface area contributed by atoms with Gasteiger partial charge in [-0.15, -0.1) is 0 Å². The third-order valence-corrected chi connectivity index (χ3v) is 6.60. The second-order valence-electron chi connectivity index (χ2n) is 9.72. The Hall–Kier alpha value is -3.23. The van der Waals surface area contributed by atoms with Gasteiger partial charge in [-0.2, -0.15) is 0 Å². The molecule has 0 bridgehead atoms. The van der Waals surface area contributed by atoms with Gasteiger partial charge >= 0.3 is 6.09 Å². The first-order chi connectivity index (χ1) is 17.5. The summed E-state index contributed by atoms with van der Waals surface area (Å²) in [4.78, 5) is 31.2. The number of halogens is 2. The Morgan fingerprint density at radius 3 is 2.65 bits per heavy atom. The predicted molar refractivity (Wildman–Crippen MR) is 143 cm³/mol. The number of nitrogens with zero attached hydrogens (tertiary/aromatic N) is 2. The summed E-state index contributed by atoms with van der Waals surface area (Å²) in [5.41, 5.74) is -0.290. The number of carbonyl (C=O) groups is 2. The molecule has 9 heteroatoms. The van der Waals surface area contributed by atoms with E-state index in [9.17, 15) is 19.1 Å². The van der Waals surface area contributed by atoms with Crippen molar-refractivity contribution in [1.29, 1.82) is 0 Å². The number of hydrogen-bond acceptors (Lipinski definition) is 5. The van der Waals surface area contributed by atoms with E-state index >= 15 is 0 Å². The minimum Gasteiger partial charge on any atom is -0.447 e. The van der Waals surface area contributed by atoms with Crippen molar-refractivity contribution >= 4 is 40.2 Å². The molecule has 2 N–H and O–H groups in total. The van der Waals surface area contributed by atoms with Crippen LogP contribution < -0.4 is 5.32 Å². The minimum atomic E-state index is -0.846. The number of aliphatic hydroxyl groups is 1. The molecule has 0 spiro atoms. The molecule has 0 aliphatic rings. The molecule has 198 valence electrons. The van der Waals surface area contributed by atoms with Crippen LogP contribution >= 0.6 is 11.6 Å². The van der Waals surface area contributed by atoms with Gasteiger partial charge in [-0.05, 0) is 62.6 Å². The van der Waals surface area contributed by atoms with Crippen LogP contribution in [0.4, 0.5) is 15.0 Å². The summed E-state index contributed by atoms with van der Waals surface area (Å²) < 4.78 is 19.2. The Morgan fingerprint density at radius 2 is 1.92 bits per heavy atom. The SMILES string of the molecule is CN(C(=O)CCc1cccc(F)c1Cl)[C@@H](CCCC(C)(C)O)COC(=O)Nc1cc2ccccc2cn1. The van der Waals surface area contributed by atoms with Crippen LogP contribution in [0.1, 0.15) is 45.1 Å². The molecule has 1 atom stereocenters. The van der Waals surface area contributed by atoms with Crippen molar-refractivity contribution in [1.82, 2.24) is 9.88 Å². The predicted octanol–water partition coefficient (Wildman–Crippen LogP) is 5.98. The molecule has 37 heavy (non-hydrogen) atoms. The van der Waals surface area contributed by atoms with Gasteiger partial charge < -0.3 is 14.7 Å². The van der Waals surface area contributed by atoms with Gasteiger partial charge in [-0.25, -0.2) is 14.2 Å². The van der Waals surface area contributed by atoms with Crippen LogP contribution in [-0.2, 0) is 16.0 Å². The molecule has 2 aromatic carbocycles. The summed E-state index contributed by atoms with van der Waals surface area (Å²) in [6, 6.07) is 13.5. The van der Waals surface area contributed by atoms with Crippen LogP contribution in [0.15, 0.2) is 54.7 Å². The number of nitrogens with one attached hydrogen (secondary N) is 1. The number of benzene rings is 2. The van der Waals surface area contributed by atoms with Crippen LogP contribution in [0, 0.1) is 5.82 Å². The normalized spacial score (nSPS) is 12.3. The first kappa shape index (κ1) is 28.3. The second-order valence-corrected chi connectivity index (χ2v) is 10.1. The van der Waals surface area contributed by atoms with Crippen LogP contribution in [0.25, 0.3) is 10.8 Å². The van der Waals surface area contributed by atoms with E-state index in [0.717, 1.165) is 10.8 Å². The number of aromatic nitrogens is 1. The lowest BCUT2D eigenvalue weighted by Crippen LogP contribution is -2.41. The standard InChI is InChI=1S/C28H33ClFN3O4/c1-28(2,36)15-7-11-22(33(3)25(34)14-13-19-10-6-12-23(30)26(19)29)18-37-27(35)32-24-16-20-8-4-5-9-21(20)17-31-24/h4-6,8-10,12,16-17,22,36H,7,11,13-15,18H2,1-3H3,(H,31,32,35)/t22-/m0/s1. The molecule has 0 saturated carbocycles. The molecule has 3 rings (SSSR count). The van der Waals surface area contributed by atoms with Crippen molar-refractivity contribution in [3.8, 4) is 0 Å². The molecule has 7 nitrogen and oxygen atoms in total. The van der Waals surface area contributed by atoms with E-state index in [0.29, 0.717) is 30.6 Å². The summed E-state index contributed by atoms with van der Waals surface area (Å²) in [7, 11) is 1.65. The number of rotatable bonds is 11. The molecular formula is C28H33ClFN3O4. The van der Waals surface area contributed by atoms with E-state index < -0.39 is 23.6 Å². The molecule has 0 saturated heterocycles. The van der Waals surface area contributed by atoms with Gasteiger partial charge in [0.05, 0.1) is 16.7 Å². The summed E-state index contributed by atoms with van der Waals surface area (Å²) in [5.74, 6) is -0.350. The number of aryl methyl sites for hydroxylation is 1. The number of anilines is 1. The first-order valence-corrected chi connectivity index (χ1v) is 12.6. The fourth-order valence-electron chi connectivity index (χ4n) is 3.99. The molecule has 0 aliphatic carbocycles. The van der Waals surface area contributed by atoms with E-state index in [1.165, 1.54) is 6.07 Å². The van der Waals surface area contributed by atoms with Crippen LogP contribution in [0.2, 0.25) is 5.02 Å². The van der Waals surface area contributed by atoms with Crippen molar-refractivity contribution in [2.45, 2.75) is 57.6 Å². The van der Waals surface area contributed by atoms with E-state index in [2.05, 4.69) is 10.3 Å². The maximum atomic E-state index is 13.7. The zero-order chi connectivity index (χ0) is 27.0. The second kappa shape index (κ2) is 12.8. The highest BCUT2D eigenvalue weighted by Gasteiger charge is 2.23. The zero-order valence-electron chi connectivity index (χ0n) is 21.3. The zero-order valence-corrected chi connectivity index (χ0v) is 22.1. The minimum absolute atomic E-state index is 0.0157. The monoisotopic (exact) mass is 529 g/mol. The number of fused-ring (bicyclic) bond motifs is 1. The quantitative estimate of drug-likeness (QED) is 0.319. The molecule has 2 amide bonds. The molecule has 1 heterocycles. The molecule has 0 aliphatic heterocycles. The van der Waals surface area contributed by atoms with Crippen molar-refractivity contribution in [2.75, 3.05) is 19.0 Å². The third kappa shape index (κ3) is 8.68.